The summed E-state index contributed by atoms with van der Waals surface area (Å²) < 4.78 is 0. The van der Waals surface area contributed by atoms with Crippen LogP contribution in [-0.2, 0) is 9.59 Å². The molecule has 0 radical (unpaired) electrons. The summed E-state index contributed by atoms with van der Waals surface area (Å²) in [5.74, 6) is -1.33. The van der Waals surface area contributed by atoms with E-state index in [1.807, 2.05) is 0 Å². The number of phenols is 1. The topological polar surface area (TPSA) is 77.8 Å². The second-order valence-corrected chi connectivity index (χ2v) is 3.64. The minimum absolute atomic E-state index is 0.0590. The second-order valence-electron chi connectivity index (χ2n) is 3.64. The van der Waals surface area contributed by atoms with Gasteiger partial charge in [-0.05, 0) is 24.6 Å². The summed E-state index contributed by atoms with van der Waals surface area (Å²) in [6, 6.07) is 4.79. The third kappa shape index (κ3) is 2.96. The van der Waals surface area contributed by atoms with Crippen molar-refractivity contribution in [2.45, 2.75) is 19.9 Å². The largest absolute Gasteiger partial charge is 0.508 e. The van der Waals surface area contributed by atoms with Crippen molar-refractivity contribution in [2.24, 2.45) is 0 Å². The molecule has 1 atom stereocenters. The van der Waals surface area contributed by atoms with Gasteiger partial charge in [0.2, 0.25) is 5.91 Å². The van der Waals surface area contributed by atoms with Gasteiger partial charge in [0.15, 0.2) is 6.04 Å². The predicted molar refractivity (Wildman–Crippen MR) is 61.5 cm³/mol. The Kier molecular flexibility index (Phi) is 4.09. The summed E-state index contributed by atoms with van der Waals surface area (Å²) in [4.78, 5) is 23.9. The van der Waals surface area contributed by atoms with Gasteiger partial charge in [-0.15, -0.1) is 0 Å². The van der Waals surface area contributed by atoms with E-state index in [1.165, 1.54) is 36.1 Å². The molecule has 5 nitrogen and oxygen atoms in total. The normalized spacial score (nSPS) is 11.9. The van der Waals surface area contributed by atoms with Gasteiger partial charge in [0.05, 0.1) is 0 Å². The highest BCUT2D eigenvalue weighted by molar-refractivity contribution is 5.83. The van der Waals surface area contributed by atoms with Crippen molar-refractivity contribution in [1.82, 2.24) is 4.90 Å². The van der Waals surface area contributed by atoms with Crippen molar-refractivity contribution in [3.05, 3.63) is 29.8 Å². The quantitative estimate of drug-likeness (QED) is 0.829. The smallest absolute Gasteiger partial charge is 0.331 e. The molecule has 2 N–H and O–H groups in total. The van der Waals surface area contributed by atoms with Crippen LogP contribution in [0.5, 0.6) is 5.75 Å². The number of aliphatic carboxylic acids is 1. The average Bonchev–Trinajstić information content (AvgIpc) is 2.26. The van der Waals surface area contributed by atoms with Gasteiger partial charge in [0.1, 0.15) is 5.75 Å². The fraction of sp³-hybridized carbons (Fsp3) is 0.333. The number of carboxylic acids is 1. The standard InChI is InChI=1S/C12H15NO4/c1-3-13(8(2)14)11(12(16)17)9-4-6-10(15)7-5-9/h4-7,11,15H,3H2,1-2H3,(H,16,17). The molecule has 1 unspecified atom stereocenters. The van der Waals surface area contributed by atoms with Crippen molar-refractivity contribution >= 4 is 11.9 Å². The van der Waals surface area contributed by atoms with Gasteiger partial charge in [-0.25, -0.2) is 4.79 Å². The van der Waals surface area contributed by atoms with Crippen LogP contribution < -0.4 is 0 Å². The number of likely N-dealkylation sites (N-methyl/N-ethyl adjacent to an activating group) is 1. The zero-order chi connectivity index (χ0) is 13.0. The average molecular weight is 237 g/mol. The van der Waals surface area contributed by atoms with Crippen LogP contribution in [0.2, 0.25) is 0 Å². The van der Waals surface area contributed by atoms with E-state index >= 15 is 0 Å². The van der Waals surface area contributed by atoms with E-state index in [-0.39, 0.29) is 11.7 Å². The lowest BCUT2D eigenvalue weighted by Gasteiger charge is -2.26. The highest BCUT2D eigenvalue weighted by atomic mass is 16.4. The van der Waals surface area contributed by atoms with Gasteiger partial charge < -0.3 is 15.1 Å². The molecule has 0 aliphatic heterocycles. The first-order valence-electron chi connectivity index (χ1n) is 5.26. The fourth-order valence-electron chi connectivity index (χ4n) is 1.70. The lowest BCUT2D eigenvalue weighted by atomic mass is 10.1. The number of carbonyl (C=O) groups is 2. The van der Waals surface area contributed by atoms with E-state index in [2.05, 4.69) is 0 Å². The van der Waals surface area contributed by atoms with Gasteiger partial charge in [0, 0.05) is 13.5 Å². The lowest BCUT2D eigenvalue weighted by molar-refractivity contribution is -0.149. The SMILES string of the molecule is CCN(C(C)=O)C(C(=O)O)c1ccc(O)cc1. The Morgan fingerprint density at radius 1 is 1.29 bits per heavy atom. The maximum Gasteiger partial charge on any atom is 0.331 e. The minimum atomic E-state index is -1.09. The van der Waals surface area contributed by atoms with Gasteiger partial charge in [-0.3, -0.25) is 4.79 Å². The summed E-state index contributed by atoms with van der Waals surface area (Å²) in [6.45, 7) is 3.37. The first-order valence-corrected chi connectivity index (χ1v) is 5.26. The van der Waals surface area contributed by atoms with E-state index in [1.54, 1.807) is 6.92 Å². The summed E-state index contributed by atoms with van der Waals surface area (Å²) in [6.07, 6.45) is 0. The summed E-state index contributed by atoms with van der Waals surface area (Å²) in [5.41, 5.74) is 0.465. The van der Waals surface area contributed by atoms with Crippen molar-refractivity contribution in [2.75, 3.05) is 6.54 Å². The summed E-state index contributed by atoms with van der Waals surface area (Å²) in [5, 5.41) is 18.3. The molecular formula is C12H15NO4. The molecule has 0 aromatic heterocycles. The number of carboxylic acid groups (broad SMARTS) is 1. The van der Waals surface area contributed by atoms with E-state index in [0.717, 1.165) is 0 Å². The van der Waals surface area contributed by atoms with Crippen molar-refractivity contribution in [1.29, 1.82) is 0 Å². The second kappa shape index (κ2) is 5.34. The molecule has 0 aliphatic carbocycles. The predicted octanol–water partition coefficient (Wildman–Crippen LogP) is 1.39. The van der Waals surface area contributed by atoms with Gasteiger partial charge >= 0.3 is 5.97 Å². The van der Waals surface area contributed by atoms with E-state index in [4.69, 9.17) is 5.11 Å². The molecule has 0 spiro atoms. The first kappa shape index (κ1) is 13.0. The minimum Gasteiger partial charge on any atom is -0.508 e. The number of benzene rings is 1. The maximum absolute atomic E-state index is 11.4. The number of hydrogen-bond acceptors (Lipinski definition) is 3. The van der Waals surface area contributed by atoms with Crippen LogP contribution in [0, 0.1) is 0 Å². The van der Waals surface area contributed by atoms with Crippen molar-refractivity contribution < 1.29 is 19.8 Å². The monoisotopic (exact) mass is 237 g/mol. The van der Waals surface area contributed by atoms with Crippen LogP contribution in [0.4, 0.5) is 0 Å². The highest BCUT2D eigenvalue weighted by Crippen LogP contribution is 2.23. The molecular weight excluding hydrogens is 222 g/mol. The van der Waals surface area contributed by atoms with Crippen LogP contribution in [0.25, 0.3) is 0 Å². The molecule has 0 aliphatic rings. The Morgan fingerprint density at radius 2 is 1.82 bits per heavy atom. The summed E-state index contributed by atoms with van der Waals surface area (Å²) in [7, 11) is 0. The van der Waals surface area contributed by atoms with Crippen LogP contribution in [0.3, 0.4) is 0 Å². The Morgan fingerprint density at radius 3 is 2.18 bits per heavy atom. The molecule has 0 fully saturated rings. The molecule has 0 bridgehead atoms. The van der Waals surface area contributed by atoms with E-state index in [0.29, 0.717) is 12.1 Å². The third-order valence-electron chi connectivity index (χ3n) is 2.50. The zero-order valence-corrected chi connectivity index (χ0v) is 9.75. The summed E-state index contributed by atoms with van der Waals surface area (Å²) >= 11 is 0. The van der Waals surface area contributed by atoms with Gasteiger partial charge in [-0.2, -0.15) is 0 Å². The molecule has 1 amide bonds. The number of carbonyl (C=O) groups excluding carboxylic acids is 1. The number of amides is 1. The molecule has 0 saturated heterocycles. The Hall–Kier alpha value is -2.04. The number of aromatic hydroxyl groups is 1. The van der Waals surface area contributed by atoms with Crippen LogP contribution in [0.1, 0.15) is 25.5 Å². The molecule has 92 valence electrons. The third-order valence-corrected chi connectivity index (χ3v) is 2.50. The Labute approximate surface area is 99.3 Å². The molecule has 1 aromatic rings. The molecule has 17 heavy (non-hydrogen) atoms. The molecule has 0 saturated carbocycles. The Bertz CT molecular complexity index is 413. The van der Waals surface area contributed by atoms with Crippen LogP contribution >= 0.6 is 0 Å². The number of hydrogen-bond donors (Lipinski definition) is 2. The fourth-order valence-corrected chi connectivity index (χ4v) is 1.70. The van der Waals surface area contributed by atoms with Gasteiger partial charge in [-0.1, -0.05) is 12.1 Å². The van der Waals surface area contributed by atoms with Crippen molar-refractivity contribution in [3.8, 4) is 5.75 Å². The number of rotatable bonds is 4. The maximum atomic E-state index is 11.4. The molecule has 1 rings (SSSR count). The first-order chi connectivity index (χ1) is 7.97. The molecule has 0 heterocycles. The number of nitrogens with zero attached hydrogens (tertiary/aromatic N) is 1. The van der Waals surface area contributed by atoms with Crippen LogP contribution in [0.15, 0.2) is 24.3 Å². The van der Waals surface area contributed by atoms with E-state index in [9.17, 15) is 14.7 Å². The van der Waals surface area contributed by atoms with Crippen LogP contribution in [-0.4, -0.2) is 33.5 Å². The van der Waals surface area contributed by atoms with Crippen molar-refractivity contribution in [3.63, 3.8) is 0 Å². The molecule has 5 heteroatoms. The molecule has 1 aromatic carbocycles. The lowest BCUT2D eigenvalue weighted by Crippen LogP contribution is -2.37. The zero-order valence-electron chi connectivity index (χ0n) is 9.75. The Balaban J connectivity index is 3.12. The van der Waals surface area contributed by atoms with Gasteiger partial charge in [0.25, 0.3) is 0 Å². The highest BCUT2D eigenvalue weighted by Gasteiger charge is 2.28. The van der Waals surface area contributed by atoms with E-state index < -0.39 is 12.0 Å². The number of phenolic OH excluding ortho intramolecular Hbond substituents is 1.